The Labute approximate surface area is 116 Å². The lowest BCUT2D eigenvalue weighted by atomic mass is 9.75. The Bertz CT molecular complexity index is 444. The maximum atomic E-state index is 13.3. The molecule has 1 aliphatic rings. The Kier molecular flexibility index (Phi) is 3.82. The highest BCUT2D eigenvalue weighted by Crippen LogP contribution is 2.37. The monoisotopic (exact) mass is 315 g/mol. The van der Waals surface area contributed by atoms with Crippen molar-refractivity contribution in [1.82, 2.24) is 4.90 Å². The molecule has 3 nitrogen and oxygen atoms in total. The van der Waals surface area contributed by atoms with E-state index in [2.05, 4.69) is 40.2 Å². The minimum absolute atomic E-state index is 0.216. The van der Waals surface area contributed by atoms with Crippen LogP contribution in [0.2, 0.25) is 0 Å². The van der Waals surface area contributed by atoms with Crippen LogP contribution in [-0.2, 0) is 0 Å². The molecule has 3 N–H and O–H groups in total. The van der Waals surface area contributed by atoms with Crippen LogP contribution in [0.15, 0.2) is 16.6 Å². The topological polar surface area (TPSA) is 41.3 Å². The summed E-state index contributed by atoms with van der Waals surface area (Å²) >= 11 is 3.18. The van der Waals surface area contributed by atoms with E-state index in [-0.39, 0.29) is 11.4 Å². The number of rotatable bonds is 4. The van der Waals surface area contributed by atoms with Crippen LogP contribution < -0.4 is 11.1 Å². The summed E-state index contributed by atoms with van der Waals surface area (Å²) in [6.45, 7) is 0.836. The summed E-state index contributed by atoms with van der Waals surface area (Å²) in [5, 5.41) is 3.34. The van der Waals surface area contributed by atoms with Gasteiger partial charge in [0, 0.05) is 18.2 Å². The third-order valence-corrected chi connectivity index (χ3v) is 4.54. The Hall–Kier alpha value is -0.810. The van der Waals surface area contributed by atoms with Gasteiger partial charge >= 0.3 is 0 Å². The minimum atomic E-state index is -0.330. The fourth-order valence-corrected chi connectivity index (χ4v) is 2.69. The van der Waals surface area contributed by atoms with Gasteiger partial charge in [0.1, 0.15) is 5.82 Å². The zero-order chi connectivity index (χ0) is 13.3. The molecule has 1 fully saturated rings. The van der Waals surface area contributed by atoms with E-state index >= 15 is 0 Å². The van der Waals surface area contributed by atoms with Gasteiger partial charge in [0.25, 0.3) is 0 Å². The van der Waals surface area contributed by atoms with Gasteiger partial charge in [0.05, 0.1) is 15.8 Å². The third-order valence-electron chi connectivity index (χ3n) is 3.93. The molecule has 0 aliphatic heterocycles. The van der Waals surface area contributed by atoms with Crippen molar-refractivity contribution in [2.75, 3.05) is 31.7 Å². The molecular formula is C13H19BrFN3. The number of benzene rings is 1. The molecule has 0 radical (unpaired) electrons. The van der Waals surface area contributed by atoms with Crippen LogP contribution >= 0.6 is 15.9 Å². The first-order valence-corrected chi connectivity index (χ1v) is 6.90. The normalized spacial score (nSPS) is 17.6. The van der Waals surface area contributed by atoms with Crippen LogP contribution in [0.25, 0.3) is 0 Å². The van der Waals surface area contributed by atoms with Gasteiger partial charge in [0.2, 0.25) is 0 Å². The quantitative estimate of drug-likeness (QED) is 0.839. The SMILES string of the molecule is CN(C)C1(CNc2cc(Br)c(F)cc2N)CCC1. The lowest BCUT2D eigenvalue weighted by Gasteiger charge is -2.47. The lowest BCUT2D eigenvalue weighted by molar-refractivity contribution is 0.0739. The molecule has 1 aliphatic carbocycles. The second-order valence-electron chi connectivity index (χ2n) is 5.18. The van der Waals surface area contributed by atoms with E-state index in [9.17, 15) is 4.39 Å². The van der Waals surface area contributed by atoms with Crippen molar-refractivity contribution in [3.8, 4) is 0 Å². The molecule has 0 unspecified atom stereocenters. The molecule has 0 aromatic heterocycles. The van der Waals surface area contributed by atoms with E-state index in [1.54, 1.807) is 6.07 Å². The third kappa shape index (κ3) is 2.47. The molecule has 0 spiro atoms. The van der Waals surface area contributed by atoms with Crippen molar-refractivity contribution in [3.63, 3.8) is 0 Å². The lowest BCUT2D eigenvalue weighted by Crippen LogP contribution is -2.54. The van der Waals surface area contributed by atoms with Crippen LogP contribution in [0.4, 0.5) is 15.8 Å². The number of nitrogens with zero attached hydrogens (tertiary/aromatic N) is 1. The van der Waals surface area contributed by atoms with Gasteiger partial charge in [-0.25, -0.2) is 4.39 Å². The fourth-order valence-electron chi connectivity index (χ4n) is 2.34. The molecule has 0 heterocycles. The van der Waals surface area contributed by atoms with E-state index in [1.807, 2.05) is 0 Å². The van der Waals surface area contributed by atoms with Crippen molar-refractivity contribution in [2.45, 2.75) is 24.8 Å². The molecule has 18 heavy (non-hydrogen) atoms. The average Bonchev–Trinajstić information content (AvgIpc) is 2.23. The molecule has 1 aromatic rings. The number of hydrogen-bond acceptors (Lipinski definition) is 3. The molecule has 1 aromatic carbocycles. The average molecular weight is 316 g/mol. The highest BCUT2D eigenvalue weighted by Gasteiger charge is 2.38. The van der Waals surface area contributed by atoms with E-state index in [4.69, 9.17) is 5.73 Å². The standard InChI is InChI=1S/C13H19BrFN3/c1-18(2)13(4-3-5-13)8-17-12-6-9(14)10(15)7-11(12)16/h6-7,17H,3-5,8,16H2,1-2H3. The molecule has 0 atom stereocenters. The minimum Gasteiger partial charge on any atom is -0.397 e. The molecule has 5 heteroatoms. The molecule has 0 amide bonds. The summed E-state index contributed by atoms with van der Waals surface area (Å²) in [7, 11) is 4.20. The van der Waals surface area contributed by atoms with E-state index in [0.29, 0.717) is 10.2 Å². The molecular weight excluding hydrogens is 297 g/mol. The molecule has 100 valence electrons. The zero-order valence-corrected chi connectivity index (χ0v) is 12.3. The smallest absolute Gasteiger partial charge is 0.139 e. The highest BCUT2D eigenvalue weighted by molar-refractivity contribution is 9.10. The Morgan fingerprint density at radius 2 is 2.11 bits per heavy atom. The van der Waals surface area contributed by atoms with Crippen LogP contribution in [0.1, 0.15) is 19.3 Å². The summed E-state index contributed by atoms with van der Waals surface area (Å²) in [6.07, 6.45) is 3.65. The van der Waals surface area contributed by atoms with Crippen LogP contribution in [-0.4, -0.2) is 31.1 Å². The van der Waals surface area contributed by atoms with Gasteiger partial charge in [-0.3, -0.25) is 0 Å². The number of nitrogens with one attached hydrogen (secondary N) is 1. The van der Waals surface area contributed by atoms with Crippen LogP contribution in [0.3, 0.4) is 0 Å². The number of halogens is 2. The van der Waals surface area contributed by atoms with Crippen LogP contribution in [0.5, 0.6) is 0 Å². The van der Waals surface area contributed by atoms with E-state index in [0.717, 1.165) is 12.2 Å². The first-order valence-electron chi connectivity index (χ1n) is 6.10. The number of nitrogen functional groups attached to an aromatic ring is 1. The van der Waals surface area contributed by atoms with Crippen molar-refractivity contribution in [2.24, 2.45) is 0 Å². The highest BCUT2D eigenvalue weighted by atomic mass is 79.9. The summed E-state index contributed by atoms with van der Waals surface area (Å²) < 4.78 is 13.7. The maximum absolute atomic E-state index is 13.3. The first kappa shape index (κ1) is 13.6. The van der Waals surface area contributed by atoms with Crippen molar-refractivity contribution in [3.05, 3.63) is 22.4 Å². The molecule has 0 bridgehead atoms. The fraction of sp³-hybridized carbons (Fsp3) is 0.538. The van der Waals surface area contributed by atoms with Crippen LogP contribution in [0, 0.1) is 5.82 Å². The molecule has 0 saturated heterocycles. The number of hydrogen-bond donors (Lipinski definition) is 2. The Morgan fingerprint density at radius 1 is 1.44 bits per heavy atom. The zero-order valence-electron chi connectivity index (χ0n) is 10.8. The van der Waals surface area contributed by atoms with Gasteiger partial charge < -0.3 is 16.0 Å². The summed E-state index contributed by atoms with van der Waals surface area (Å²) in [4.78, 5) is 2.26. The van der Waals surface area contributed by atoms with Crippen molar-refractivity contribution < 1.29 is 4.39 Å². The summed E-state index contributed by atoms with van der Waals surface area (Å²) in [5.74, 6) is -0.330. The van der Waals surface area contributed by atoms with Gasteiger partial charge in [0.15, 0.2) is 0 Å². The first-order chi connectivity index (χ1) is 8.44. The maximum Gasteiger partial charge on any atom is 0.139 e. The van der Waals surface area contributed by atoms with Gasteiger partial charge in [-0.05, 0) is 55.4 Å². The summed E-state index contributed by atoms with van der Waals surface area (Å²) in [6, 6.07) is 3.04. The number of anilines is 2. The van der Waals surface area contributed by atoms with Crippen molar-refractivity contribution >= 4 is 27.3 Å². The Morgan fingerprint density at radius 3 is 2.61 bits per heavy atom. The largest absolute Gasteiger partial charge is 0.397 e. The number of nitrogens with two attached hydrogens (primary N) is 1. The predicted molar refractivity (Wildman–Crippen MR) is 77.3 cm³/mol. The van der Waals surface area contributed by atoms with E-state index < -0.39 is 0 Å². The van der Waals surface area contributed by atoms with E-state index in [1.165, 1.54) is 25.3 Å². The Balaban J connectivity index is 2.08. The second kappa shape index (κ2) is 5.05. The second-order valence-corrected chi connectivity index (χ2v) is 6.03. The molecule has 2 rings (SSSR count). The van der Waals surface area contributed by atoms with Crippen molar-refractivity contribution in [1.29, 1.82) is 0 Å². The van der Waals surface area contributed by atoms with Gasteiger partial charge in [-0.15, -0.1) is 0 Å². The van der Waals surface area contributed by atoms with Gasteiger partial charge in [-0.2, -0.15) is 0 Å². The predicted octanol–water partition coefficient (Wildman–Crippen LogP) is 3.07. The molecule has 1 saturated carbocycles. The number of likely N-dealkylation sites (N-methyl/N-ethyl adjacent to an activating group) is 1. The van der Waals surface area contributed by atoms with Gasteiger partial charge in [-0.1, -0.05) is 0 Å². The summed E-state index contributed by atoms with van der Waals surface area (Å²) in [5.41, 5.74) is 7.27.